The molecule has 3 nitrogen and oxygen atoms in total. The Morgan fingerprint density at radius 3 is 2.06 bits per heavy atom. The summed E-state index contributed by atoms with van der Waals surface area (Å²) in [6.07, 6.45) is 3.24. The molecule has 0 saturated carbocycles. The van der Waals surface area contributed by atoms with E-state index in [0.29, 0.717) is 12.5 Å². The van der Waals surface area contributed by atoms with Crippen LogP contribution in [-0.4, -0.2) is 22.7 Å². The normalized spacial score (nSPS) is 19.8. The smallest absolute Gasteiger partial charge is 0.128 e. The van der Waals surface area contributed by atoms with Gasteiger partial charge in [-0.15, -0.1) is 11.6 Å². The molecule has 3 rings (SSSR count). The van der Waals surface area contributed by atoms with Crippen molar-refractivity contribution in [3.05, 3.63) is 71.3 Å². The van der Waals surface area contributed by atoms with Crippen LogP contribution in [0.15, 0.2) is 54.6 Å². The van der Waals surface area contributed by atoms with E-state index in [2.05, 4.69) is 95.1 Å². The number of halogens is 1. The van der Waals surface area contributed by atoms with E-state index >= 15 is 0 Å². The summed E-state index contributed by atoms with van der Waals surface area (Å²) in [5.41, 5.74) is 2.88. The van der Waals surface area contributed by atoms with Crippen LogP contribution in [0.4, 0.5) is 0 Å². The molecule has 4 heteroatoms. The van der Waals surface area contributed by atoms with Crippen molar-refractivity contribution >= 4 is 11.6 Å². The molecule has 0 spiro atoms. The maximum Gasteiger partial charge on any atom is 0.128 e. The highest BCUT2D eigenvalue weighted by atomic mass is 35.5. The maximum absolute atomic E-state index is 6.79. The fraction of sp³-hybridized carbons (Fsp3) is 0.556. The zero-order chi connectivity index (χ0) is 22.7. The lowest BCUT2D eigenvalue weighted by Crippen LogP contribution is -2.58. The number of nitrogens with zero attached hydrogens (tertiary/aromatic N) is 1. The van der Waals surface area contributed by atoms with Gasteiger partial charge in [0.2, 0.25) is 0 Å². The Morgan fingerprint density at radius 1 is 0.935 bits per heavy atom. The molecule has 1 unspecified atom stereocenters. The van der Waals surface area contributed by atoms with E-state index in [4.69, 9.17) is 21.2 Å². The van der Waals surface area contributed by atoms with Crippen LogP contribution in [0.3, 0.4) is 0 Å². The first-order chi connectivity index (χ1) is 14.5. The number of rotatable bonds is 8. The average molecular weight is 444 g/mol. The Bertz CT molecular complexity index is 814. The molecule has 2 aromatic carbocycles. The molecule has 1 fully saturated rings. The van der Waals surface area contributed by atoms with E-state index in [1.807, 2.05) is 6.07 Å². The predicted octanol–water partition coefficient (Wildman–Crippen LogP) is 7.39. The zero-order valence-corrected chi connectivity index (χ0v) is 20.7. The number of benzene rings is 2. The quantitative estimate of drug-likeness (QED) is 0.397. The van der Waals surface area contributed by atoms with Gasteiger partial charge in [0.15, 0.2) is 0 Å². The summed E-state index contributed by atoms with van der Waals surface area (Å²) in [7, 11) is 0. The number of hydroxylamine groups is 2. The second-order valence-corrected chi connectivity index (χ2v) is 10.7. The highest BCUT2D eigenvalue weighted by Crippen LogP contribution is 2.41. The summed E-state index contributed by atoms with van der Waals surface area (Å²) in [4.78, 5) is 6.79. The fourth-order valence-electron chi connectivity index (χ4n) is 4.60. The first-order valence-corrected chi connectivity index (χ1v) is 11.9. The van der Waals surface area contributed by atoms with Crippen molar-refractivity contribution in [3.8, 4) is 0 Å². The fourth-order valence-corrected chi connectivity index (χ4v) is 4.78. The third-order valence-corrected chi connectivity index (χ3v) is 6.79. The number of hydrogen-bond donors (Lipinski definition) is 0. The SMILES string of the molecule is CC(C)(OCC(ON1C(C)(C)CCCC1(C)C)c1ccc(CCl)cc1)c1ccccc1. The lowest BCUT2D eigenvalue weighted by atomic mass is 9.82. The summed E-state index contributed by atoms with van der Waals surface area (Å²) < 4.78 is 6.49. The van der Waals surface area contributed by atoms with Crippen LogP contribution in [0.2, 0.25) is 0 Å². The second-order valence-electron chi connectivity index (χ2n) is 10.4. The molecule has 0 N–H and O–H groups in total. The molecule has 1 saturated heterocycles. The molecular formula is C27H38ClNO2. The molecule has 0 aromatic heterocycles. The molecule has 1 aliphatic rings. The molecule has 170 valence electrons. The van der Waals surface area contributed by atoms with Crippen molar-refractivity contribution in [2.75, 3.05) is 6.61 Å². The van der Waals surface area contributed by atoms with Crippen LogP contribution >= 0.6 is 11.6 Å². The molecule has 1 heterocycles. The van der Waals surface area contributed by atoms with E-state index in [1.165, 1.54) is 6.42 Å². The number of piperidine rings is 1. The van der Waals surface area contributed by atoms with Gasteiger partial charge in [0, 0.05) is 17.0 Å². The van der Waals surface area contributed by atoms with E-state index in [1.54, 1.807) is 0 Å². The average Bonchev–Trinajstić information content (AvgIpc) is 2.73. The molecule has 1 aliphatic heterocycles. The highest BCUT2D eigenvalue weighted by molar-refractivity contribution is 6.17. The summed E-state index contributed by atoms with van der Waals surface area (Å²) in [6, 6.07) is 18.8. The molecule has 31 heavy (non-hydrogen) atoms. The van der Waals surface area contributed by atoms with Crippen molar-refractivity contribution < 1.29 is 9.57 Å². The van der Waals surface area contributed by atoms with Crippen LogP contribution in [0.25, 0.3) is 0 Å². The standard InChI is InChI=1S/C27H38ClNO2/c1-25(2)17-10-18-26(3,4)29(25)31-24(22-15-13-21(19-28)14-16-22)20-30-27(5,6)23-11-8-7-9-12-23/h7-9,11-16,24H,10,17-20H2,1-6H3. The van der Waals surface area contributed by atoms with E-state index < -0.39 is 5.60 Å². The Hall–Kier alpha value is -1.39. The third kappa shape index (κ3) is 5.90. The Labute approximate surface area is 193 Å². The van der Waals surface area contributed by atoms with Crippen molar-refractivity contribution in [3.63, 3.8) is 0 Å². The van der Waals surface area contributed by atoms with E-state index in [0.717, 1.165) is 29.5 Å². The van der Waals surface area contributed by atoms with Crippen LogP contribution in [0.5, 0.6) is 0 Å². The lowest BCUT2D eigenvalue weighted by molar-refractivity contribution is -0.316. The minimum Gasteiger partial charge on any atom is -0.368 e. The van der Waals surface area contributed by atoms with Crippen LogP contribution in [-0.2, 0) is 21.1 Å². The maximum atomic E-state index is 6.79. The van der Waals surface area contributed by atoms with Crippen molar-refractivity contribution in [1.29, 1.82) is 0 Å². The van der Waals surface area contributed by atoms with Crippen LogP contribution in [0, 0.1) is 0 Å². The molecule has 1 atom stereocenters. The monoisotopic (exact) mass is 443 g/mol. The van der Waals surface area contributed by atoms with Gasteiger partial charge in [0.25, 0.3) is 0 Å². The van der Waals surface area contributed by atoms with Crippen molar-refractivity contribution in [2.24, 2.45) is 0 Å². The van der Waals surface area contributed by atoms with Gasteiger partial charge in [-0.25, -0.2) is 0 Å². The molecule has 0 bridgehead atoms. The third-order valence-electron chi connectivity index (χ3n) is 6.48. The first kappa shape index (κ1) is 24.3. The molecule has 0 radical (unpaired) electrons. The first-order valence-electron chi connectivity index (χ1n) is 11.4. The Kier molecular flexibility index (Phi) is 7.53. The van der Waals surface area contributed by atoms with Gasteiger partial charge in [0.1, 0.15) is 6.10 Å². The number of hydrogen-bond acceptors (Lipinski definition) is 3. The van der Waals surface area contributed by atoms with Crippen LogP contribution in [0.1, 0.15) is 83.6 Å². The summed E-state index contributed by atoms with van der Waals surface area (Å²) in [6.45, 7) is 13.8. The minimum atomic E-state index is -0.411. The highest BCUT2D eigenvalue weighted by Gasteiger charge is 2.44. The lowest BCUT2D eigenvalue weighted by Gasteiger charge is -2.52. The number of ether oxygens (including phenoxy) is 1. The van der Waals surface area contributed by atoms with Gasteiger partial charge >= 0.3 is 0 Å². The van der Waals surface area contributed by atoms with Crippen molar-refractivity contribution in [1.82, 2.24) is 5.06 Å². The van der Waals surface area contributed by atoms with Gasteiger partial charge in [0.05, 0.1) is 12.2 Å². The molecular weight excluding hydrogens is 406 g/mol. The zero-order valence-electron chi connectivity index (χ0n) is 20.0. The topological polar surface area (TPSA) is 21.7 Å². The van der Waals surface area contributed by atoms with Crippen molar-refractivity contribution in [2.45, 2.75) is 89.5 Å². The Morgan fingerprint density at radius 2 is 1.52 bits per heavy atom. The largest absolute Gasteiger partial charge is 0.368 e. The summed E-state index contributed by atoms with van der Waals surface area (Å²) in [5, 5.41) is 2.22. The second kappa shape index (κ2) is 9.62. The van der Waals surface area contributed by atoms with E-state index in [9.17, 15) is 0 Å². The Balaban J connectivity index is 1.86. The number of alkyl halides is 1. The van der Waals surface area contributed by atoms with Gasteiger partial charge in [-0.2, -0.15) is 5.06 Å². The molecule has 2 aromatic rings. The minimum absolute atomic E-state index is 0.0367. The predicted molar refractivity (Wildman–Crippen MR) is 129 cm³/mol. The van der Waals surface area contributed by atoms with Crippen LogP contribution < -0.4 is 0 Å². The van der Waals surface area contributed by atoms with Gasteiger partial charge in [-0.3, -0.25) is 4.84 Å². The van der Waals surface area contributed by atoms with E-state index in [-0.39, 0.29) is 17.2 Å². The molecule has 0 aliphatic carbocycles. The van der Waals surface area contributed by atoms with Gasteiger partial charge in [-0.1, -0.05) is 54.6 Å². The summed E-state index contributed by atoms with van der Waals surface area (Å²) in [5.74, 6) is 0.509. The van der Waals surface area contributed by atoms with Gasteiger partial charge < -0.3 is 4.74 Å². The molecule has 0 amide bonds. The summed E-state index contributed by atoms with van der Waals surface area (Å²) >= 11 is 6.01. The van der Waals surface area contributed by atoms with Gasteiger partial charge in [-0.05, 0) is 77.5 Å².